The van der Waals surface area contributed by atoms with Crippen LogP contribution >= 0.6 is 11.8 Å². The molecule has 0 spiro atoms. The lowest BCUT2D eigenvalue weighted by Gasteiger charge is -2.26. The van der Waals surface area contributed by atoms with Crippen LogP contribution in [0.25, 0.3) is 0 Å². The maximum absolute atomic E-state index is 10.1. The molecule has 1 fully saturated rings. The summed E-state index contributed by atoms with van der Waals surface area (Å²) in [5, 5.41) is 19.7. The van der Waals surface area contributed by atoms with Gasteiger partial charge in [-0.2, -0.15) is 10.2 Å². The van der Waals surface area contributed by atoms with Crippen LogP contribution in [0.3, 0.4) is 0 Å². The van der Waals surface area contributed by atoms with Crippen molar-refractivity contribution in [2.75, 3.05) is 6.26 Å². The van der Waals surface area contributed by atoms with Gasteiger partial charge in [0.25, 0.3) is 0 Å². The van der Waals surface area contributed by atoms with E-state index in [2.05, 4.69) is 9.97 Å². The predicted molar refractivity (Wildman–Crippen MR) is 67.4 cm³/mol. The molecule has 1 aromatic heterocycles. The molecule has 1 heterocycles. The van der Waals surface area contributed by atoms with Crippen LogP contribution in [0, 0.1) is 11.3 Å². The van der Waals surface area contributed by atoms with Crippen molar-refractivity contribution >= 4 is 11.8 Å². The van der Waals surface area contributed by atoms with Crippen LogP contribution in [-0.4, -0.2) is 33.0 Å². The highest BCUT2D eigenvalue weighted by Gasteiger charge is 2.39. The second-order valence-corrected chi connectivity index (χ2v) is 5.32. The van der Waals surface area contributed by atoms with E-state index in [1.807, 2.05) is 12.3 Å². The highest BCUT2D eigenvalue weighted by Crippen LogP contribution is 2.33. The van der Waals surface area contributed by atoms with E-state index >= 15 is 0 Å². The standard InChI is InChI=1S/C12H15N3O2S/c1-12(16)5-3-4-9(12)17-10-8(6-13)7-14-11(15-10)18-2/h7,9,16H,3-5H2,1-2H3/t9-,12+/m0/s1. The Morgan fingerprint density at radius 1 is 1.67 bits per heavy atom. The molecule has 0 saturated heterocycles. The third-order valence-corrected chi connectivity index (χ3v) is 3.69. The van der Waals surface area contributed by atoms with Gasteiger partial charge in [-0.25, -0.2) is 4.98 Å². The molecule has 0 amide bonds. The van der Waals surface area contributed by atoms with E-state index in [1.165, 1.54) is 18.0 Å². The van der Waals surface area contributed by atoms with Crippen molar-refractivity contribution in [3.63, 3.8) is 0 Å². The van der Waals surface area contributed by atoms with E-state index in [0.717, 1.165) is 12.8 Å². The van der Waals surface area contributed by atoms with Crippen molar-refractivity contribution in [2.24, 2.45) is 0 Å². The van der Waals surface area contributed by atoms with Crippen LogP contribution < -0.4 is 4.74 Å². The van der Waals surface area contributed by atoms with E-state index < -0.39 is 5.60 Å². The molecule has 1 aliphatic rings. The van der Waals surface area contributed by atoms with Gasteiger partial charge in [0, 0.05) is 0 Å². The maximum Gasteiger partial charge on any atom is 0.236 e. The second-order valence-electron chi connectivity index (χ2n) is 4.54. The Balaban J connectivity index is 2.25. The molecular weight excluding hydrogens is 250 g/mol. The summed E-state index contributed by atoms with van der Waals surface area (Å²) in [6.45, 7) is 1.76. The van der Waals surface area contributed by atoms with Crippen LogP contribution in [0.4, 0.5) is 0 Å². The lowest BCUT2D eigenvalue weighted by molar-refractivity contribution is -0.0274. The Morgan fingerprint density at radius 3 is 3.00 bits per heavy atom. The fourth-order valence-corrected chi connectivity index (χ4v) is 2.39. The average Bonchev–Trinajstić information content (AvgIpc) is 2.68. The lowest BCUT2D eigenvalue weighted by Crippen LogP contribution is -2.38. The minimum absolute atomic E-state index is 0.268. The number of nitrogens with zero attached hydrogens (tertiary/aromatic N) is 3. The lowest BCUT2D eigenvalue weighted by atomic mass is 10.0. The van der Waals surface area contributed by atoms with Gasteiger partial charge in [-0.15, -0.1) is 0 Å². The molecule has 1 saturated carbocycles. The van der Waals surface area contributed by atoms with Crippen LogP contribution in [0.1, 0.15) is 31.7 Å². The van der Waals surface area contributed by atoms with Crippen molar-refractivity contribution < 1.29 is 9.84 Å². The molecule has 2 atom stereocenters. The van der Waals surface area contributed by atoms with Crippen molar-refractivity contribution in [3.05, 3.63) is 11.8 Å². The van der Waals surface area contributed by atoms with Gasteiger partial charge in [-0.3, -0.25) is 0 Å². The highest BCUT2D eigenvalue weighted by atomic mass is 32.2. The molecule has 2 rings (SSSR count). The summed E-state index contributed by atoms with van der Waals surface area (Å²) in [5.74, 6) is 0.268. The molecule has 0 aliphatic heterocycles. The summed E-state index contributed by atoms with van der Waals surface area (Å²) in [6.07, 6.45) is 5.40. The average molecular weight is 265 g/mol. The molecule has 0 unspecified atom stereocenters. The fourth-order valence-electron chi connectivity index (χ4n) is 2.05. The van der Waals surface area contributed by atoms with Gasteiger partial charge < -0.3 is 9.84 Å². The summed E-state index contributed by atoms with van der Waals surface area (Å²) in [5.41, 5.74) is -0.549. The monoisotopic (exact) mass is 265 g/mol. The summed E-state index contributed by atoms with van der Waals surface area (Å²) in [7, 11) is 0. The van der Waals surface area contributed by atoms with Gasteiger partial charge in [0.2, 0.25) is 5.88 Å². The minimum atomic E-state index is -0.850. The number of nitriles is 1. The van der Waals surface area contributed by atoms with E-state index in [4.69, 9.17) is 10.00 Å². The van der Waals surface area contributed by atoms with Gasteiger partial charge in [-0.05, 0) is 32.4 Å². The van der Waals surface area contributed by atoms with E-state index in [1.54, 1.807) is 6.92 Å². The Labute approximate surface area is 110 Å². The molecule has 6 heteroatoms. The van der Waals surface area contributed by atoms with Crippen LogP contribution in [0.2, 0.25) is 0 Å². The predicted octanol–water partition coefficient (Wildman–Crippen LogP) is 1.75. The number of hydrogen-bond acceptors (Lipinski definition) is 6. The highest BCUT2D eigenvalue weighted by molar-refractivity contribution is 7.98. The maximum atomic E-state index is 10.1. The first-order valence-electron chi connectivity index (χ1n) is 5.77. The van der Waals surface area contributed by atoms with Crippen LogP contribution in [-0.2, 0) is 0 Å². The molecule has 0 aromatic carbocycles. The molecule has 5 nitrogen and oxygen atoms in total. The molecule has 1 aromatic rings. The first-order chi connectivity index (χ1) is 8.56. The molecule has 1 N–H and O–H groups in total. The summed E-state index contributed by atoms with van der Waals surface area (Å²) in [6, 6.07) is 2.01. The van der Waals surface area contributed by atoms with E-state index in [9.17, 15) is 5.11 Å². The van der Waals surface area contributed by atoms with Crippen LogP contribution in [0.5, 0.6) is 5.88 Å². The van der Waals surface area contributed by atoms with Gasteiger partial charge in [-0.1, -0.05) is 11.8 Å². The zero-order chi connectivity index (χ0) is 13.2. The zero-order valence-corrected chi connectivity index (χ0v) is 11.2. The van der Waals surface area contributed by atoms with Crippen molar-refractivity contribution in [1.82, 2.24) is 9.97 Å². The van der Waals surface area contributed by atoms with Gasteiger partial charge in [0.05, 0.1) is 11.8 Å². The number of ether oxygens (including phenoxy) is 1. The largest absolute Gasteiger partial charge is 0.470 e. The third-order valence-electron chi connectivity index (χ3n) is 3.13. The van der Waals surface area contributed by atoms with Gasteiger partial charge >= 0.3 is 0 Å². The molecule has 0 radical (unpaired) electrons. The zero-order valence-electron chi connectivity index (χ0n) is 10.4. The SMILES string of the molecule is CSc1ncc(C#N)c(O[C@H]2CCC[C@@]2(C)O)n1. The molecule has 1 aliphatic carbocycles. The van der Waals surface area contributed by atoms with Crippen LogP contribution in [0.15, 0.2) is 11.4 Å². The summed E-state index contributed by atoms with van der Waals surface area (Å²) in [4.78, 5) is 8.21. The van der Waals surface area contributed by atoms with Crippen molar-refractivity contribution in [2.45, 2.75) is 43.0 Å². The number of aromatic nitrogens is 2. The Morgan fingerprint density at radius 2 is 2.44 bits per heavy atom. The normalized spacial score (nSPS) is 26.9. The quantitative estimate of drug-likeness (QED) is 0.662. The second kappa shape index (κ2) is 5.12. The topological polar surface area (TPSA) is 79.0 Å². The minimum Gasteiger partial charge on any atom is -0.470 e. The van der Waals surface area contributed by atoms with Crippen molar-refractivity contribution in [3.8, 4) is 11.9 Å². The first kappa shape index (κ1) is 13.1. The molecule has 0 bridgehead atoms. The number of aliphatic hydroxyl groups is 1. The molecule has 96 valence electrons. The van der Waals surface area contributed by atoms with Gasteiger partial charge in [0.1, 0.15) is 17.7 Å². The smallest absolute Gasteiger partial charge is 0.236 e. The molecule has 18 heavy (non-hydrogen) atoms. The number of thioether (sulfide) groups is 1. The Bertz CT molecular complexity index is 485. The first-order valence-corrected chi connectivity index (χ1v) is 6.99. The summed E-state index contributed by atoms with van der Waals surface area (Å²) < 4.78 is 5.72. The van der Waals surface area contributed by atoms with E-state index in [-0.39, 0.29) is 12.0 Å². The third kappa shape index (κ3) is 2.57. The summed E-state index contributed by atoms with van der Waals surface area (Å²) >= 11 is 1.39. The van der Waals surface area contributed by atoms with Gasteiger partial charge in [0.15, 0.2) is 5.16 Å². The van der Waals surface area contributed by atoms with E-state index in [0.29, 0.717) is 17.1 Å². The Hall–Kier alpha value is -1.32. The molecular formula is C12H15N3O2S. The number of rotatable bonds is 3. The fraction of sp³-hybridized carbons (Fsp3) is 0.583. The number of hydrogen-bond donors (Lipinski definition) is 1. The Kier molecular flexibility index (Phi) is 3.73. The van der Waals surface area contributed by atoms with Crippen molar-refractivity contribution in [1.29, 1.82) is 5.26 Å².